The number of rotatable bonds is 6. The van der Waals surface area contributed by atoms with Crippen molar-refractivity contribution in [2.24, 2.45) is 0 Å². The molecule has 7 heteroatoms. The molecule has 1 aliphatic rings. The highest BCUT2D eigenvalue weighted by Crippen LogP contribution is 2.29. The average Bonchev–Trinajstić information content (AvgIpc) is 3.01. The molecule has 1 fully saturated rings. The van der Waals surface area contributed by atoms with Crippen molar-refractivity contribution in [2.45, 2.75) is 31.7 Å². The number of halogens is 1. The lowest BCUT2D eigenvalue weighted by Gasteiger charge is -2.19. The van der Waals surface area contributed by atoms with Crippen LogP contribution in [0.2, 0.25) is 5.15 Å². The zero-order valence-electron chi connectivity index (χ0n) is 18.0. The summed E-state index contributed by atoms with van der Waals surface area (Å²) in [5.74, 6) is 0.513. The SMILES string of the molecule is Cc1cccc(C)c1-c1cc(Cl)nc(NSc2cccc(CN3CCCNCC3)c2)n1. The first kappa shape index (κ1) is 22.1. The Hall–Kier alpha value is -2.12. The highest BCUT2D eigenvalue weighted by molar-refractivity contribution is 8.00. The van der Waals surface area contributed by atoms with E-state index in [0.29, 0.717) is 11.1 Å². The van der Waals surface area contributed by atoms with Gasteiger partial charge in [0.05, 0.1) is 5.69 Å². The van der Waals surface area contributed by atoms with Crippen LogP contribution in [-0.4, -0.2) is 41.0 Å². The molecule has 0 atom stereocenters. The molecule has 5 nitrogen and oxygen atoms in total. The summed E-state index contributed by atoms with van der Waals surface area (Å²) in [6.45, 7) is 9.55. The number of nitrogens with one attached hydrogen (secondary N) is 2. The second-order valence-electron chi connectivity index (χ2n) is 7.90. The van der Waals surface area contributed by atoms with Crippen LogP contribution in [0.15, 0.2) is 53.4 Å². The molecule has 0 aliphatic carbocycles. The van der Waals surface area contributed by atoms with E-state index in [1.807, 2.05) is 6.07 Å². The van der Waals surface area contributed by atoms with Gasteiger partial charge in [0.25, 0.3) is 0 Å². The molecule has 0 spiro atoms. The van der Waals surface area contributed by atoms with Crippen molar-refractivity contribution in [1.29, 1.82) is 0 Å². The summed E-state index contributed by atoms with van der Waals surface area (Å²) in [4.78, 5) is 12.7. The number of hydrogen-bond acceptors (Lipinski definition) is 6. The zero-order valence-corrected chi connectivity index (χ0v) is 19.6. The molecule has 31 heavy (non-hydrogen) atoms. The number of aromatic nitrogens is 2. The molecule has 0 unspecified atom stereocenters. The maximum atomic E-state index is 6.32. The van der Waals surface area contributed by atoms with Crippen LogP contribution in [0.4, 0.5) is 5.95 Å². The molecule has 162 valence electrons. The minimum atomic E-state index is 0.430. The smallest absolute Gasteiger partial charge is 0.235 e. The molecule has 0 radical (unpaired) electrons. The van der Waals surface area contributed by atoms with Gasteiger partial charge < -0.3 is 5.32 Å². The molecule has 0 bridgehead atoms. The lowest BCUT2D eigenvalue weighted by molar-refractivity contribution is 0.284. The van der Waals surface area contributed by atoms with Crippen LogP contribution < -0.4 is 10.0 Å². The lowest BCUT2D eigenvalue weighted by Crippen LogP contribution is -2.27. The third kappa shape index (κ3) is 5.98. The summed E-state index contributed by atoms with van der Waals surface area (Å²) in [7, 11) is 0. The van der Waals surface area contributed by atoms with Crippen LogP contribution >= 0.6 is 23.5 Å². The fourth-order valence-corrected chi connectivity index (χ4v) is 4.78. The highest BCUT2D eigenvalue weighted by atomic mass is 35.5. The molecule has 0 saturated carbocycles. The minimum Gasteiger partial charge on any atom is -0.315 e. The largest absolute Gasteiger partial charge is 0.315 e. The van der Waals surface area contributed by atoms with Gasteiger partial charge in [0.15, 0.2) is 0 Å². The Balaban J connectivity index is 1.46. The normalized spacial score (nSPS) is 14.9. The lowest BCUT2D eigenvalue weighted by atomic mass is 10.00. The second-order valence-corrected chi connectivity index (χ2v) is 9.16. The van der Waals surface area contributed by atoms with E-state index in [0.717, 1.165) is 48.9 Å². The molecule has 4 rings (SSSR count). The van der Waals surface area contributed by atoms with Gasteiger partial charge in [-0.3, -0.25) is 9.62 Å². The standard InChI is InChI=1S/C24H28ClN5S/c1-17-6-3-7-18(2)23(17)21-15-22(25)28-24(27-21)29-31-20-9-4-8-19(14-20)16-30-12-5-10-26-11-13-30/h3-4,6-9,14-15,26H,5,10-13,16H2,1-2H3,(H,27,28,29). The van der Waals surface area contributed by atoms with Crippen molar-refractivity contribution in [1.82, 2.24) is 20.2 Å². The molecule has 3 aromatic rings. The molecule has 1 aliphatic heterocycles. The van der Waals surface area contributed by atoms with Crippen molar-refractivity contribution in [2.75, 3.05) is 30.9 Å². The summed E-state index contributed by atoms with van der Waals surface area (Å²) in [6, 6.07) is 16.7. The average molecular weight is 454 g/mol. The van der Waals surface area contributed by atoms with Crippen molar-refractivity contribution < 1.29 is 0 Å². The monoisotopic (exact) mass is 453 g/mol. The van der Waals surface area contributed by atoms with E-state index >= 15 is 0 Å². The van der Waals surface area contributed by atoms with E-state index in [9.17, 15) is 0 Å². The first-order valence-electron chi connectivity index (χ1n) is 10.6. The molecule has 0 amide bonds. The van der Waals surface area contributed by atoms with Crippen LogP contribution in [0.25, 0.3) is 11.3 Å². The fraction of sp³-hybridized carbons (Fsp3) is 0.333. The summed E-state index contributed by atoms with van der Waals surface area (Å²) >= 11 is 7.83. The Morgan fingerprint density at radius 1 is 1.03 bits per heavy atom. The Labute approximate surface area is 193 Å². The van der Waals surface area contributed by atoms with Gasteiger partial charge in [-0.2, -0.15) is 0 Å². The summed E-state index contributed by atoms with van der Waals surface area (Å²) < 4.78 is 3.28. The third-order valence-electron chi connectivity index (χ3n) is 5.43. The van der Waals surface area contributed by atoms with Gasteiger partial charge in [-0.25, -0.2) is 9.97 Å². The number of hydrogen-bond donors (Lipinski definition) is 2. The van der Waals surface area contributed by atoms with Crippen molar-refractivity contribution in [3.05, 3.63) is 70.4 Å². The Morgan fingerprint density at radius 2 is 1.84 bits per heavy atom. The maximum Gasteiger partial charge on any atom is 0.235 e. The van der Waals surface area contributed by atoms with E-state index < -0.39 is 0 Å². The Kier molecular flexibility index (Phi) is 7.45. The van der Waals surface area contributed by atoms with E-state index in [1.165, 1.54) is 35.1 Å². The first-order valence-corrected chi connectivity index (χ1v) is 11.8. The van der Waals surface area contributed by atoms with Crippen LogP contribution in [0.3, 0.4) is 0 Å². The number of nitrogens with zero attached hydrogens (tertiary/aromatic N) is 3. The number of aryl methyl sites for hydroxylation is 2. The summed E-state index contributed by atoms with van der Waals surface area (Å²) in [5.41, 5.74) is 5.60. The molecular weight excluding hydrogens is 426 g/mol. The van der Waals surface area contributed by atoms with Gasteiger partial charge in [-0.1, -0.05) is 41.9 Å². The Morgan fingerprint density at radius 3 is 2.68 bits per heavy atom. The number of anilines is 1. The van der Waals surface area contributed by atoms with Crippen molar-refractivity contribution >= 4 is 29.5 Å². The predicted molar refractivity (Wildman–Crippen MR) is 131 cm³/mol. The van der Waals surface area contributed by atoms with E-state index in [-0.39, 0.29) is 0 Å². The van der Waals surface area contributed by atoms with Gasteiger partial charge >= 0.3 is 0 Å². The predicted octanol–water partition coefficient (Wildman–Crippen LogP) is 5.33. The fourth-order valence-electron chi connectivity index (χ4n) is 3.94. The van der Waals surface area contributed by atoms with Gasteiger partial charge in [0, 0.05) is 36.2 Å². The van der Waals surface area contributed by atoms with E-state index in [2.05, 4.69) is 76.2 Å². The van der Waals surface area contributed by atoms with Crippen LogP contribution in [0.5, 0.6) is 0 Å². The second kappa shape index (κ2) is 10.5. The maximum absolute atomic E-state index is 6.32. The minimum absolute atomic E-state index is 0.430. The molecule has 1 aromatic heterocycles. The van der Waals surface area contributed by atoms with Crippen LogP contribution in [-0.2, 0) is 6.54 Å². The van der Waals surface area contributed by atoms with Crippen molar-refractivity contribution in [3.63, 3.8) is 0 Å². The number of benzene rings is 2. The highest BCUT2D eigenvalue weighted by Gasteiger charge is 2.12. The summed E-state index contributed by atoms with van der Waals surface area (Å²) in [5, 5.41) is 3.89. The Bertz CT molecular complexity index is 1010. The van der Waals surface area contributed by atoms with Crippen LogP contribution in [0, 0.1) is 13.8 Å². The van der Waals surface area contributed by atoms with E-state index in [4.69, 9.17) is 16.6 Å². The molecule has 1 saturated heterocycles. The van der Waals surface area contributed by atoms with Crippen LogP contribution in [0.1, 0.15) is 23.1 Å². The molecule has 2 aromatic carbocycles. The summed E-state index contributed by atoms with van der Waals surface area (Å²) in [6.07, 6.45) is 1.20. The van der Waals surface area contributed by atoms with Gasteiger partial charge in [-0.15, -0.1) is 0 Å². The first-order chi connectivity index (χ1) is 15.1. The molecule has 2 heterocycles. The molecular formula is C24H28ClN5S. The molecule has 2 N–H and O–H groups in total. The van der Waals surface area contributed by atoms with Gasteiger partial charge in [0.2, 0.25) is 5.95 Å². The topological polar surface area (TPSA) is 53.1 Å². The van der Waals surface area contributed by atoms with E-state index in [1.54, 1.807) is 0 Å². The third-order valence-corrected chi connectivity index (χ3v) is 6.40. The van der Waals surface area contributed by atoms with Crippen molar-refractivity contribution in [3.8, 4) is 11.3 Å². The quantitative estimate of drug-likeness (QED) is 0.388. The van der Waals surface area contributed by atoms with Gasteiger partial charge in [-0.05, 0) is 74.1 Å². The van der Waals surface area contributed by atoms with Gasteiger partial charge in [0.1, 0.15) is 5.15 Å². The zero-order chi connectivity index (χ0) is 21.6.